The lowest BCUT2D eigenvalue weighted by atomic mass is 9.78. The zero-order chi connectivity index (χ0) is 23.8. The van der Waals surface area contributed by atoms with Crippen LogP contribution in [0.25, 0.3) is 0 Å². The summed E-state index contributed by atoms with van der Waals surface area (Å²) in [4.78, 5) is 44.6. The monoisotopic (exact) mass is 454 g/mol. The number of carbonyl (C=O) groups is 4. The summed E-state index contributed by atoms with van der Waals surface area (Å²) in [7, 11) is 0. The highest BCUT2D eigenvalue weighted by molar-refractivity contribution is 6.27. The SMILES string of the molecule is CC(=O)N1CCC2(CCNCC2)C1.CC(=O)N1CCC2(CCNCC2)C1.O=C(O)C(=O)O. The van der Waals surface area contributed by atoms with Crippen LogP contribution in [0.4, 0.5) is 0 Å². The molecule has 0 aliphatic carbocycles. The molecule has 182 valence electrons. The van der Waals surface area contributed by atoms with Crippen molar-refractivity contribution in [3.8, 4) is 0 Å². The third kappa shape index (κ3) is 7.44. The smallest absolute Gasteiger partial charge is 0.414 e. The molecule has 4 aliphatic heterocycles. The van der Waals surface area contributed by atoms with Crippen molar-refractivity contribution >= 4 is 23.8 Å². The van der Waals surface area contributed by atoms with Gasteiger partial charge in [0, 0.05) is 40.0 Å². The first-order valence-corrected chi connectivity index (χ1v) is 11.5. The molecule has 4 saturated heterocycles. The topological polar surface area (TPSA) is 139 Å². The number of nitrogens with one attached hydrogen (secondary N) is 2. The number of nitrogens with zero attached hydrogens (tertiary/aromatic N) is 2. The van der Waals surface area contributed by atoms with E-state index in [0.717, 1.165) is 52.4 Å². The van der Waals surface area contributed by atoms with Gasteiger partial charge in [0.15, 0.2) is 0 Å². The number of hydrogen-bond donors (Lipinski definition) is 4. The van der Waals surface area contributed by atoms with E-state index in [4.69, 9.17) is 19.8 Å². The molecule has 0 saturated carbocycles. The fraction of sp³-hybridized carbons (Fsp3) is 0.818. The number of carbonyl (C=O) groups excluding carboxylic acids is 2. The van der Waals surface area contributed by atoms with Crippen molar-refractivity contribution < 1.29 is 29.4 Å². The molecule has 4 heterocycles. The van der Waals surface area contributed by atoms with E-state index in [0.29, 0.717) is 10.8 Å². The molecule has 4 aliphatic rings. The number of rotatable bonds is 0. The van der Waals surface area contributed by atoms with Gasteiger partial charge in [-0.1, -0.05) is 0 Å². The van der Waals surface area contributed by atoms with Gasteiger partial charge in [-0.05, 0) is 75.5 Å². The summed E-state index contributed by atoms with van der Waals surface area (Å²) < 4.78 is 0. The molecule has 2 amide bonds. The molecule has 2 spiro atoms. The molecule has 10 heteroatoms. The van der Waals surface area contributed by atoms with Crippen LogP contribution in [0.5, 0.6) is 0 Å². The Balaban J connectivity index is 0.000000183. The number of likely N-dealkylation sites (tertiary alicyclic amines) is 2. The minimum atomic E-state index is -1.82. The van der Waals surface area contributed by atoms with Gasteiger partial charge in [0.1, 0.15) is 0 Å². The molecule has 0 aromatic heterocycles. The highest BCUT2D eigenvalue weighted by Crippen LogP contribution is 2.39. The van der Waals surface area contributed by atoms with Crippen LogP contribution in [0.1, 0.15) is 52.4 Å². The van der Waals surface area contributed by atoms with Gasteiger partial charge in [-0.15, -0.1) is 0 Å². The van der Waals surface area contributed by atoms with Gasteiger partial charge < -0.3 is 30.6 Å². The molecule has 0 bridgehead atoms. The largest absolute Gasteiger partial charge is 0.473 e. The molecule has 4 rings (SSSR count). The molecule has 0 unspecified atom stereocenters. The third-order valence-corrected chi connectivity index (χ3v) is 7.28. The Hall–Kier alpha value is -2.20. The molecule has 0 aromatic carbocycles. The van der Waals surface area contributed by atoms with Gasteiger partial charge in [-0.3, -0.25) is 9.59 Å². The van der Waals surface area contributed by atoms with Gasteiger partial charge in [-0.25, -0.2) is 9.59 Å². The van der Waals surface area contributed by atoms with Crippen LogP contribution in [0.3, 0.4) is 0 Å². The van der Waals surface area contributed by atoms with Crippen molar-refractivity contribution in [3.63, 3.8) is 0 Å². The lowest BCUT2D eigenvalue weighted by molar-refractivity contribution is -0.159. The zero-order valence-corrected chi connectivity index (χ0v) is 19.3. The summed E-state index contributed by atoms with van der Waals surface area (Å²) in [5, 5.41) is 21.5. The van der Waals surface area contributed by atoms with E-state index in [2.05, 4.69) is 10.6 Å². The van der Waals surface area contributed by atoms with E-state index >= 15 is 0 Å². The van der Waals surface area contributed by atoms with Crippen LogP contribution in [0.2, 0.25) is 0 Å². The summed E-state index contributed by atoms with van der Waals surface area (Å²) in [5.74, 6) is -3.16. The second kappa shape index (κ2) is 11.6. The van der Waals surface area contributed by atoms with Crippen molar-refractivity contribution in [3.05, 3.63) is 0 Å². The molecule has 4 N–H and O–H groups in total. The van der Waals surface area contributed by atoms with Crippen LogP contribution >= 0.6 is 0 Å². The first-order chi connectivity index (χ1) is 15.1. The van der Waals surface area contributed by atoms with Gasteiger partial charge >= 0.3 is 11.9 Å². The zero-order valence-electron chi connectivity index (χ0n) is 19.3. The number of amides is 2. The highest BCUT2D eigenvalue weighted by Gasteiger charge is 2.40. The molecular formula is C22H38N4O6. The molecule has 10 nitrogen and oxygen atoms in total. The average molecular weight is 455 g/mol. The van der Waals surface area contributed by atoms with Gasteiger partial charge in [0.25, 0.3) is 0 Å². The van der Waals surface area contributed by atoms with E-state index in [-0.39, 0.29) is 11.8 Å². The molecule has 32 heavy (non-hydrogen) atoms. The highest BCUT2D eigenvalue weighted by atomic mass is 16.4. The maximum absolute atomic E-state index is 11.2. The van der Waals surface area contributed by atoms with Crippen LogP contribution in [0, 0.1) is 10.8 Å². The summed E-state index contributed by atoms with van der Waals surface area (Å²) >= 11 is 0. The second-order valence-corrected chi connectivity index (χ2v) is 9.49. The van der Waals surface area contributed by atoms with Gasteiger partial charge in [0.05, 0.1) is 0 Å². The average Bonchev–Trinajstić information content (AvgIpc) is 3.35. The molecular weight excluding hydrogens is 416 g/mol. The number of piperidine rings is 2. The summed E-state index contributed by atoms with van der Waals surface area (Å²) in [6.07, 6.45) is 7.42. The van der Waals surface area contributed by atoms with Gasteiger partial charge in [0.2, 0.25) is 11.8 Å². The second-order valence-electron chi connectivity index (χ2n) is 9.49. The van der Waals surface area contributed by atoms with Crippen LogP contribution in [-0.4, -0.2) is 96.1 Å². The predicted octanol–water partition coefficient (Wildman–Crippen LogP) is 0.372. The fourth-order valence-electron chi connectivity index (χ4n) is 5.14. The lowest BCUT2D eigenvalue weighted by Gasteiger charge is -2.33. The number of carboxylic acids is 2. The Morgan fingerprint density at radius 3 is 1.16 bits per heavy atom. The third-order valence-electron chi connectivity index (χ3n) is 7.28. The standard InChI is InChI=1S/2C10H18N2O.C2H2O4/c2*1-9(13)12-7-4-10(8-12)2-5-11-6-3-10;3-1(4)2(5)6/h2*11H,2-8H2,1H3;(H,3,4)(H,5,6). The first-order valence-electron chi connectivity index (χ1n) is 11.5. The van der Waals surface area contributed by atoms with E-state index in [1.165, 1.54) is 38.5 Å². The van der Waals surface area contributed by atoms with Gasteiger partial charge in [-0.2, -0.15) is 0 Å². The molecule has 0 aromatic rings. The lowest BCUT2D eigenvalue weighted by Crippen LogP contribution is -2.39. The van der Waals surface area contributed by atoms with Crippen LogP contribution in [0.15, 0.2) is 0 Å². The Bertz CT molecular complexity index is 628. The predicted molar refractivity (Wildman–Crippen MR) is 118 cm³/mol. The summed E-state index contributed by atoms with van der Waals surface area (Å²) in [6.45, 7) is 11.9. The van der Waals surface area contributed by atoms with E-state index < -0.39 is 11.9 Å². The number of carboxylic acid groups (broad SMARTS) is 2. The van der Waals surface area contributed by atoms with Crippen LogP contribution in [-0.2, 0) is 19.2 Å². The van der Waals surface area contributed by atoms with Crippen molar-refractivity contribution in [1.29, 1.82) is 0 Å². The van der Waals surface area contributed by atoms with Crippen molar-refractivity contribution in [1.82, 2.24) is 20.4 Å². The van der Waals surface area contributed by atoms with E-state index in [1.807, 2.05) is 9.80 Å². The maximum atomic E-state index is 11.2. The molecule has 0 atom stereocenters. The summed E-state index contributed by atoms with van der Waals surface area (Å²) in [6, 6.07) is 0. The van der Waals surface area contributed by atoms with Crippen LogP contribution < -0.4 is 10.6 Å². The Labute approximate surface area is 189 Å². The maximum Gasteiger partial charge on any atom is 0.414 e. The number of hydrogen-bond acceptors (Lipinski definition) is 6. The fourth-order valence-corrected chi connectivity index (χ4v) is 5.14. The van der Waals surface area contributed by atoms with E-state index in [1.54, 1.807) is 13.8 Å². The number of aliphatic carboxylic acids is 2. The quantitative estimate of drug-likeness (QED) is 0.385. The first kappa shape index (κ1) is 26.1. The van der Waals surface area contributed by atoms with Crippen molar-refractivity contribution in [2.45, 2.75) is 52.4 Å². The Kier molecular flexibility index (Phi) is 9.45. The molecule has 0 radical (unpaired) electrons. The Morgan fingerprint density at radius 2 is 0.938 bits per heavy atom. The minimum absolute atomic E-state index is 0.246. The van der Waals surface area contributed by atoms with Crippen molar-refractivity contribution in [2.24, 2.45) is 10.8 Å². The molecule has 4 fully saturated rings. The summed E-state index contributed by atoms with van der Waals surface area (Å²) in [5.41, 5.74) is 0.938. The normalized spacial score (nSPS) is 23.1. The van der Waals surface area contributed by atoms with Crippen molar-refractivity contribution in [2.75, 3.05) is 52.4 Å². The minimum Gasteiger partial charge on any atom is -0.473 e. The van der Waals surface area contributed by atoms with E-state index in [9.17, 15) is 9.59 Å². The Morgan fingerprint density at radius 1 is 0.625 bits per heavy atom.